The van der Waals surface area contributed by atoms with Gasteiger partial charge in [0.15, 0.2) is 9.84 Å². The van der Waals surface area contributed by atoms with Crippen LogP contribution >= 0.6 is 0 Å². The van der Waals surface area contributed by atoms with Crippen molar-refractivity contribution in [2.45, 2.75) is 38.3 Å². The summed E-state index contributed by atoms with van der Waals surface area (Å²) >= 11 is 0. The molecule has 2 aliphatic rings. The van der Waals surface area contributed by atoms with Gasteiger partial charge in [0.2, 0.25) is 5.91 Å². The molecule has 1 amide bonds. The van der Waals surface area contributed by atoms with Crippen molar-refractivity contribution in [1.82, 2.24) is 10.2 Å². The fraction of sp³-hybridized carbons (Fsp3) is 0.909. The van der Waals surface area contributed by atoms with E-state index in [1.807, 2.05) is 4.90 Å². The molecule has 0 aromatic carbocycles. The Labute approximate surface area is 102 Å². The molecule has 2 fully saturated rings. The number of nitrogens with one attached hydrogen (secondary N) is 1. The summed E-state index contributed by atoms with van der Waals surface area (Å²) in [6.45, 7) is 3.34. The third kappa shape index (κ3) is 3.19. The molecule has 0 spiro atoms. The van der Waals surface area contributed by atoms with E-state index in [0.717, 1.165) is 19.4 Å². The van der Waals surface area contributed by atoms with Crippen LogP contribution in [0, 0.1) is 0 Å². The van der Waals surface area contributed by atoms with Gasteiger partial charge in [-0.2, -0.15) is 0 Å². The summed E-state index contributed by atoms with van der Waals surface area (Å²) in [6, 6.07) is 0.108. The summed E-state index contributed by atoms with van der Waals surface area (Å²) in [6.07, 6.45) is 2.43. The monoisotopic (exact) mass is 260 g/mol. The minimum absolute atomic E-state index is 0.0876. The average Bonchev–Trinajstić information content (AvgIpc) is 2.62. The second-order valence-electron chi connectivity index (χ2n) is 5.05. The molecule has 2 aliphatic heterocycles. The Morgan fingerprint density at radius 1 is 1.47 bits per heavy atom. The predicted molar refractivity (Wildman–Crippen MR) is 65.5 cm³/mol. The summed E-state index contributed by atoms with van der Waals surface area (Å²) in [4.78, 5) is 13.9. The summed E-state index contributed by atoms with van der Waals surface area (Å²) < 4.78 is 22.9. The molecular weight excluding hydrogens is 240 g/mol. The minimum Gasteiger partial charge on any atom is -0.340 e. The molecule has 5 nitrogen and oxygen atoms in total. The highest BCUT2D eigenvalue weighted by Crippen LogP contribution is 2.18. The predicted octanol–water partition coefficient (Wildman–Crippen LogP) is -0.226. The van der Waals surface area contributed by atoms with E-state index in [0.29, 0.717) is 19.0 Å². The van der Waals surface area contributed by atoms with Crippen molar-refractivity contribution in [3.63, 3.8) is 0 Å². The number of likely N-dealkylation sites (tertiary alicyclic amines) is 1. The van der Waals surface area contributed by atoms with E-state index < -0.39 is 9.84 Å². The van der Waals surface area contributed by atoms with E-state index in [9.17, 15) is 13.2 Å². The minimum atomic E-state index is -2.95. The van der Waals surface area contributed by atoms with Gasteiger partial charge in [-0.3, -0.25) is 4.79 Å². The molecule has 2 unspecified atom stereocenters. The van der Waals surface area contributed by atoms with Crippen molar-refractivity contribution in [2.24, 2.45) is 0 Å². The lowest BCUT2D eigenvalue weighted by Gasteiger charge is -2.27. The molecular formula is C11H20N2O3S. The first-order valence-electron chi connectivity index (χ1n) is 6.21. The molecule has 0 aromatic heterocycles. The average molecular weight is 260 g/mol. The van der Waals surface area contributed by atoms with Crippen LogP contribution in [0.2, 0.25) is 0 Å². The third-order valence-electron chi connectivity index (χ3n) is 3.60. The van der Waals surface area contributed by atoms with E-state index in [-0.39, 0.29) is 23.5 Å². The Hall–Kier alpha value is -0.620. The molecule has 0 aliphatic carbocycles. The molecule has 2 atom stereocenters. The van der Waals surface area contributed by atoms with Crippen molar-refractivity contribution >= 4 is 15.7 Å². The standard InChI is InChI=1S/C11H20N2O3S/c1-9-3-2-5-13(9)11(14)7-10-8-17(15,16)6-4-12-10/h9-10,12H,2-8H2,1H3. The van der Waals surface area contributed by atoms with Crippen LogP contribution in [-0.2, 0) is 14.6 Å². The fourth-order valence-corrected chi connectivity index (χ4v) is 4.07. The van der Waals surface area contributed by atoms with Gasteiger partial charge in [-0.05, 0) is 19.8 Å². The van der Waals surface area contributed by atoms with Gasteiger partial charge in [0.25, 0.3) is 0 Å². The first-order chi connectivity index (χ1) is 7.98. The number of hydrogen-bond donors (Lipinski definition) is 1. The second-order valence-corrected chi connectivity index (χ2v) is 7.28. The number of rotatable bonds is 2. The van der Waals surface area contributed by atoms with Crippen LogP contribution in [0.5, 0.6) is 0 Å². The normalized spacial score (nSPS) is 32.6. The first-order valence-corrected chi connectivity index (χ1v) is 8.03. The maximum Gasteiger partial charge on any atom is 0.224 e. The number of hydrogen-bond acceptors (Lipinski definition) is 4. The van der Waals surface area contributed by atoms with Crippen molar-refractivity contribution in [3.05, 3.63) is 0 Å². The van der Waals surface area contributed by atoms with E-state index in [1.54, 1.807) is 0 Å². The van der Waals surface area contributed by atoms with Crippen molar-refractivity contribution in [2.75, 3.05) is 24.6 Å². The summed E-state index contributed by atoms with van der Waals surface area (Å²) in [5.74, 6) is 0.378. The quantitative estimate of drug-likeness (QED) is 0.745. The number of carbonyl (C=O) groups excluding carboxylic acids is 1. The maximum absolute atomic E-state index is 12.0. The summed E-state index contributed by atoms with van der Waals surface area (Å²) in [5, 5.41) is 3.12. The van der Waals surface area contributed by atoms with Crippen LogP contribution in [0.15, 0.2) is 0 Å². The SMILES string of the molecule is CC1CCCN1C(=O)CC1CS(=O)(=O)CCN1. The van der Waals surface area contributed by atoms with Gasteiger partial charge in [-0.15, -0.1) is 0 Å². The van der Waals surface area contributed by atoms with Crippen LogP contribution in [0.25, 0.3) is 0 Å². The second kappa shape index (κ2) is 4.94. The van der Waals surface area contributed by atoms with Gasteiger partial charge in [0.1, 0.15) is 0 Å². The number of amides is 1. The zero-order chi connectivity index (χ0) is 12.5. The van der Waals surface area contributed by atoms with Crippen molar-refractivity contribution in [1.29, 1.82) is 0 Å². The smallest absolute Gasteiger partial charge is 0.224 e. The highest BCUT2D eigenvalue weighted by atomic mass is 32.2. The Bertz CT molecular complexity index is 394. The van der Waals surface area contributed by atoms with E-state index in [4.69, 9.17) is 0 Å². The molecule has 1 N–H and O–H groups in total. The van der Waals surface area contributed by atoms with Crippen LogP contribution in [0.3, 0.4) is 0 Å². The molecule has 17 heavy (non-hydrogen) atoms. The molecule has 98 valence electrons. The van der Waals surface area contributed by atoms with Gasteiger partial charge in [0, 0.05) is 31.6 Å². The fourth-order valence-electron chi connectivity index (χ4n) is 2.63. The van der Waals surface area contributed by atoms with Gasteiger partial charge in [-0.1, -0.05) is 0 Å². The van der Waals surface area contributed by atoms with Gasteiger partial charge in [0.05, 0.1) is 11.5 Å². The molecule has 0 radical (unpaired) electrons. The van der Waals surface area contributed by atoms with Crippen molar-refractivity contribution < 1.29 is 13.2 Å². The molecule has 2 heterocycles. The van der Waals surface area contributed by atoms with Crippen LogP contribution in [0.4, 0.5) is 0 Å². The highest BCUT2D eigenvalue weighted by molar-refractivity contribution is 7.91. The zero-order valence-corrected chi connectivity index (χ0v) is 11.0. The largest absolute Gasteiger partial charge is 0.340 e. The first kappa shape index (κ1) is 12.8. The van der Waals surface area contributed by atoms with E-state index >= 15 is 0 Å². The Balaban J connectivity index is 1.90. The molecule has 0 bridgehead atoms. The lowest BCUT2D eigenvalue weighted by atomic mass is 10.2. The summed E-state index contributed by atoms with van der Waals surface area (Å²) in [7, 11) is -2.95. The highest BCUT2D eigenvalue weighted by Gasteiger charge is 2.30. The molecule has 6 heteroatoms. The molecule has 0 saturated carbocycles. The van der Waals surface area contributed by atoms with Crippen LogP contribution in [-0.4, -0.2) is 55.9 Å². The molecule has 0 aromatic rings. The maximum atomic E-state index is 12.0. The van der Waals surface area contributed by atoms with Crippen LogP contribution in [0.1, 0.15) is 26.2 Å². The molecule has 2 saturated heterocycles. The van der Waals surface area contributed by atoms with Gasteiger partial charge in [-0.25, -0.2) is 8.42 Å². The third-order valence-corrected chi connectivity index (χ3v) is 5.33. The number of nitrogens with zero attached hydrogens (tertiary/aromatic N) is 1. The van der Waals surface area contributed by atoms with Crippen molar-refractivity contribution in [3.8, 4) is 0 Å². The number of sulfone groups is 1. The number of carbonyl (C=O) groups is 1. The van der Waals surface area contributed by atoms with E-state index in [1.165, 1.54) is 0 Å². The zero-order valence-electron chi connectivity index (χ0n) is 10.2. The van der Waals surface area contributed by atoms with Gasteiger partial charge >= 0.3 is 0 Å². The van der Waals surface area contributed by atoms with Gasteiger partial charge < -0.3 is 10.2 Å². The van der Waals surface area contributed by atoms with Crippen LogP contribution < -0.4 is 5.32 Å². The molecule has 2 rings (SSSR count). The lowest BCUT2D eigenvalue weighted by Crippen LogP contribution is -2.48. The van der Waals surface area contributed by atoms with E-state index in [2.05, 4.69) is 12.2 Å². The lowest BCUT2D eigenvalue weighted by molar-refractivity contribution is -0.132. The Morgan fingerprint density at radius 2 is 2.24 bits per heavy atom. The Morgan fingerprint density at radius 3 is 2.82 bits per heavy atom. The Kier molecular flexibility index (Phi) is 3.73. The summed E-state index contributed by atoms with van der Waals surface area (Å²) in [5.41, 5.74) is 0. The topological polar surface area (TPSA) is 66.5 Å².